The number of aliphatic hydroxyl groups excluding tert-OH is 1. The van der Waals surface area contributed by atoms with Gasteiger partial charge in [0.2, 0.25) is 0 Å². The van der Waals surface area contributed by atoms with Crippen molar-refractivity contribution in [2.45, 2.75) is 18.6 Å². The standard InChI is InChI=1S/C14H15F2NO4/c15-11-3-8-7-21-14(10(8)4-12(11)16)1-2-17(13(19)20)5-9(14)6-18/h3-4,9,18H,1-2,5-7H2,(H,19,20)/t9-,14-/m1/s1. The molecule has 0 saturated carbocycles. The number of carbonyl (C=O) groups is 1. The normalized spacial score (nSPS) is 28.0. The number of hydrogen-bond donors (Lipinski definition) is 2. The number of amides is 1. The summed E-state index contributed by atoms with van der Waals surface area (Å²) in [5.74, 6) is -2.40. The van der Waals surface area contributed by atoms with Crippen molar-refractivity contribution < 1.29 is 28.5 Å². The van der Waals surface area contributed by atoms with Crippen LogP contribution < -0.4 is 0 Å². The first-order chi connectivity index (χ1) is 9.98. The maximum Gasteiger partial charge on any atom is 0.407 e. The van der Waals surface area contributed by atoms with E-state index in [9.17, 15) is 18.7 Å². The number of rotatable bonds is 1. The molecule has 1 aromatic rings. The van der Waals surface area contributed by atoms with Gasteiger partial charge in [-0.25, -0.2) is 13.6 Å². The molecule has 114 valence electrons. The minimum atomic E-state index is -1.06. The van der Waals surface area contributed by atoms with Crippen LogP contribution in [0.4, 0.5) is 13.6 Å². The second kappa shape index (κ2) is 4.92. The number of benzene rings is 1. The lowest BCUT2D eigenvalue weighted by Gasteiger charge is -2.44. The van der Waals surface area contributed by atoms with E-state index in [0.29, 0.717) is 17.5 Å². The molecule has 2 aliphatic heterocycles. The molecular weight excluding hydrogens is 284 g/mol. The maximum absolute atomic E-state index is 13.6. The summed E-state index contributed by atoms with van der Waals surface area (Å²) in [5.41, 5.74) is 0.131. The van der Waals surface area contributed by atoms with Gasteiger partial charge in [0.15, 0.2) is 11.6 Å². The number of hydrogen-bond acceptors (Lipinski definition) is 3. The Hall–Kier alpha value is -1.73. The van der Waals surface area contributed by atoms with E-state index in [-0.39, 0.29) is 26.3 Å². The molecule has 5 nitrogen and oxygen atoms in total. The monoisotopic (exact) mass is 299 g/mol. The molecule has 0 aromatic heterocycles. The number of likely N-dealkylation sites (tertiary alicyclic amines) is 1. The Labute approximate surface area is 119 Å². The van der Waals surface area contributed by atoms with E-state index < -0.39 is 29.2 Å². The van der Waals surface area contributed by atoms with Crippen molar-refractivity contribution in [2.24, 2.45) is 5.92 Å². The van der Waals surface area contributed by atoms with Crippen LogP contribution in [0.15, 0.2) is 12.1 Å². The number of carboxylic acid groups (broad SMARTS) is 1. The third-order valence-corrected chi connectivity index (χ3v) is 4.43. The lowest BCUT2D eigenvalue weighted by Crippen LogP contribution is -2.52. The summed E-state index contributed by atoms with van der Waals surface area (Å²) < 4.78 is 32.6. The Balaban J connectivity index is 2.00. The fourth-order valence-corrected chi connectivity index (χ4v) is 3.32. The zero-order valence-electron chi connectivity index (χ0n) is 11.2. The molecule has 2 atom stereocenters. The van der Waals surface area contributed by atoms with E-state index in [0.717, 1.165) is 12.1 Å². The van der Waals surface area contributed by atoms with Crippen LogP contribution in [0.2, 0.25) is 0 Å². The molecule has 1 saturated heterocycles. The van der Waals surface area contributed by atoms with Gasteiger partial charge in [-0.2, -0.15) is 0 Å². The number of aliphatic hydroxyl groups is 1. The summed E-state index contributed by atoms with van der Waals surface area (Å²) in [6, 6.07) is 2.22. The Morgan fingerprint density at radius 3 is 2.81 bits per heavy atom. The van der Waals surface area contributed by atoms with Crippen molar-refractivity contribution >= 4 is 6.09 Å². The first-order valence-corrected chi connectivity index (χ1v) is 6.69. The molecule has 2 N–H and O–H groups in total. The van der Waals surface area contributed by atoms with Crippen LogP contribution in [0.25, 0.3) is 0 Å². The molecule has 1 fully saturated rings. The van der Waals surface area contributed by atoms with Crippen molar-refractivity contribution in [3.8, 4) is 0 Å². The third kappa shape index (κ3) is 2.08. The number of fused-ring (bicyclic) bond motifs is 2. The number of ether oxygens (including phenoxy) is 1. The Morgan fingerprint density at radius 1 is 1.43 bits per heavy atom. The summed E-state index contributed by atoms with van der Waals surface area (Å²) in [7, 11) is 0. The zero-order chi connectivity index (χ0) is 15.2. The van der Waals surface area contributed by atoms with E-state index in [4.69, 9.17) is 9.84 Å². The molecule has 0 bridgehead atoms. The molecule has 2 aliphatic rings. The van der Waals surface area contributed by atoms with Crippen molar-refractivity contribution in [2.75, 3.05) is 19.7 Å². The Kier molecular flexibility index (Phi) is 3.33. The molecule has 7 heteroatoms. The van der Waals surface area contributed by atoms with E-state index >= 15 is 0 Å². The van der Waals surface area contributed by atoms with Crippen LogP contribution in [-0.4, -0.2) is 40.9 Å². The van der Waals surface area contributed by atoms with Crippen LogP contribution in [0.3, 0.4) is 0 Å². The van der Waals surface area contributed by atoms with Gasteiger partial charge in [-0.3, -0.25) is 0 Å². The molecule has 0 unspecified atom stereocenters. The highest BCUT2D eigenvalue weighted by molar-refractivity contribution is 5.65. The average molecular weight is 299 g/mol. The number of nitrogens with zero attached hydrogens (tertiary/aromatic N) is 1. The zero-order valence-corrected chi connectivity index (χ0v) is 11.2. The third-order valence-electron chi connectivity index (χ3n) is 4.43. The summed E-state index contributed by atoms with van der Waals surface area (Å²) in [6.07, 6.45) is -0.755. The second-order valence-corrected chi connectivity index (χ2v) is 5.46. The quantitative estimate of drug-likeness (QED) is 0.828. The highest BCUT2D eigenvalue weighted by Gasteiger charge is 2.50. The molecule has 21 heavy (non-hydrogen) atoms. The first-order valence-electron chi connectivity index (χ1n) is 6.69. The predicted octanol–water partition coefficient (Wildman–Crippen LogP) is 1.68. The first kappa shape index (κ1) is 14.2. The fourth-order valence-electron chi connectivity index (χ4n) is 3.32. The van der Waals surface area contributed by atoms with Gasteiger partial charge in [0.1, 0.15) is 5.60 Å². The second-order valence-electron chi connectivity index (χ2n) is 5.46. The van der Waals surface area contributed by atoms with Gasteiger partial charge in [0.05, 0.1) is 13.2 Å². The molecule has 1 amide bonds. The van der Waals surface area contributed by atoms with Crippen LogP contribution >= 0.6 is 0 Å². The summed E-state index contributed by atoms with van der Waals surface area (Å²) in [6.45, 7) is 0.173. The summed E-state index contributed by atoms with van der Waals surface area (Å²) in [5, 5.41) is 18.7. The van der Waals surface area contributed by atoms with Gasteiger partial charge in [-0.15, -0.1) is 0 Å². The lowest BCUT2D eigenvalue weighted by molar-refractivity contribution is -0.128. The summed E-state index contributed by atoms with van der Waals surface area (Å²) >= 11 is 0. The molecule has 1 aromatic carbocycles. The van der Waals surface area contributed by atoms with Crippen molar-refractivity contribution in [3.63, 3.8) is 0 Å². The highest BCUT2D eigenvalue weighted by atomic mass is 19.2. The van der Waals surface area contributed by atoms with Gasteiger partial charge in [-0.1, -0.05) is 0 Å². The molecule has 0 aliphatic carbocycles. The Bertz CT molecular complexity index is 595. The van der Waals surface area contributed by atoms with Gasteiger partial charge in [0, 0.05) is 19.0 Å². The van der Waals surface area contributed by atoms with Gasteiger partial charge in [-0.05, 0) is 29.7 Å². The van der Waals surface area contributed by atoms with Crippen molar-refractivity contribution in [3.05, 3.63) is 34.9 Å². The van der Waals surface area contributed by atoms with Crippen LogP contribution in [0.5, 0.6) is 0 Å². The van der Waals surface area contributed by atoms with Crippen molar-refractivity contribution in [1.29, 1.82) is 0 Å². The largest absolute Gasteiger partial charge is 0.465 e. The maximum atomic E-state index is 13.6. The SMILES string of the molecule is O=C(O)N1CC[C@@]2(OCc3cc(F)c(F)cc32)[C@@H](CO)C1. The molecule has 1 spiro atoms. The minimum Gasteiger partial charge on any atom is -0.465 e. The molecular formula is C14H15F2NO4. The van der Waals surface area contributed by atoms with Crippen LogP contribution in [0, 0.1) is 17.6 Å². The molecule has 0 radical (unpaired) electrons. The van der Waals surface area contributed by atoms with Gasteiger partial charge < -0.3 is 19.8 Å². The number of piperidine rings is 1. The smallest absolute Gasteiger partial charge is 0.407 e. The summed E-state index contributed by atoms with van der Waals surface area (Å²) in [4.78, 5) is 12.3. The van der Waals surface area contributed by atoms with E-state index in [1.54, 1.807) is 0 Å². The van der Waals surface area contributed by atoms with Gasteiger partial charge >= 0.3 is 6.09 Å². The van der Waals surface area contributed by atoms with Crippen LogP contribution in [0.1, 0.15) is 17.5 Å². The molecule has 3 rings (SSSR count). The van der Waals surface area contributed by atoms with Crippen LogP contribution in [-0.2, 0) is 16.9 Å². The van der Waals surface area contributed by atoms with E-state index in [1.165, 1.54) is 4.90 Å². The van der Waals surface area contributed by atoms with Gasteiger partial charge in [0.25, 0.3) is 0 Å². The van der Waals surface area contributed by atoms with E-state index in [2.05, 4.69) is 0 Å². The lowest BCUT2D eigenvalue weighted by atomic mass is 9.76. The topological polar surface area (TPSA) is 70.0 Å². The number of halogens is 2. The fraction of sp³-hybridized carbons (Fsp3) is 0.500. The highest BCUT2D eigenvalue weighted by Crippen LogP contribution is 2.47. The predicted molar refractivity (Wildman–Crippen MR) is 67.6 cm³/mol. The minimum absolute atomic E-state index is 0.101. The van der Waals surface area contributed by atoms with Crippen molar-refractivity contribution in [1.82, 2.24) is 4.90 Å². The van der Waals surface area contributed by atoms with E-state index in [1.807, 2.05) is 0 Å². The molecule has 2 heterocycles. The Morgan fingerprint density at radius 2 is 2.14 bits per heavy atom. The average Bonchev–Trinajstić information content (AvgIpc) is 2.79.